The number of carbonyl (C=O) groups is 1. The van der Waals surface area contributed by atoms with E-state index in [-0.39, 0.29) is 5.97 Å². The molecule has 1 fully saturated rings. The number of carbonyl (C=O) groups excluding carboxylic acids is 1. The summed E-state index contributed by atoms with van der Waals surface area (Å²) in [5.41, 5.74) is 0. The lowest BCUT2D eigenvalue weighted by atomic mass is 10.1. The van der Waals surface area contributed by atoms with Crippen LogP contribution in [0.3, 0.4) is 0 Å². The highest BCUT2D eigenvalue weighted by Gasteiger charge is 2.02. The van der Waals surface area contributed by atoms with Gasteiger partial charge in [-0.15, -0.1) is 0 Å². The third kappa shape index (κ3) is 11.0. The Labute approximate surface area is 118 Å². The Morgan fingerprint density at radius 1 is 0.579 bits per heavy atom. The summed E-state index contributed by atoms with van der Waals surface area (Å²) in [6.45, 7) is 2.25. The molecular formula is C16H30O3. The smallest absolute Gasteiger partial charge is 0.305 e. The number of esters is 1. The van der Waals surface area contributed by atoms with E-state index in [1.54, 1.807) is 0 Å². The summed E-state index contributed by atoms with van der Waals surface area (Å²) in [7, 11) is 0. The summed E-state index contributed by atoms with van der Waals surface area (Å²) < 4.78 is 10.8. The first-order valence-corrected chi connectivity index (χ1v) is 8.13. The van der Waals surface area contributed by atoms with E-state index in [1.807, 2.05) is 0 Å². The molecule has 0 aliphatic carbocycles. The number of cyclic esters (lactones) is 1. The lowest BCUT2D eigenvalue weighted by Gasteiger charge is -2.07. The number of hydrogen-bond acceptors (Lipinski definition) is 3. The summed E-state index contributed by atoms with van der Waals surface area (Å²) in [4.78, 5) is 11.4. The Balaban J connectivity index is 2.10. The van der Waals surface area contributed by atoms with Crippen molar-refractivity contribution in [1.29, 1.82) is 0 Å². The lowest BCUT2D eigenvalue weighted by molar-refractivity contribution is -0.144. The molecule has 0 spiro atoms. The molecule has 1 aliphatic heterocycles. The van der Waals surface area contributed by atoms with Gasteiger partial charge in [-0.2, -0.15) is 0 Å². The molecule has 0 aromatic heterocycles. The molecule has 0 unspecified atom stereocenters. The van der Waals surface area contributed by atoms with Crippen LogP contribution in [0.15, 0.2) is 0 Å². The zero-order chi connectivity index (χ0) is 13.6. The van der Waals surface area contributed by atoms with E-state index in [0.717, 1.165) is 32.5 Å². The van der Waals surface area contributed by atoms with E-state index in [2.05, 4.69) is 0 Å². The van der Waals surface area contributed by atoms with Gasteiger partial charge in [0, 0.05) is 19.6 Å². The molecular weight excluding hydrogens is 240 g/mol. The van der Waals surface area contributed by atoms with Gasteiger partial charge in [0.05, 0.1) is 6.61 Å². The minimum atomic E-state index is -0.0259. The van der Waals surface area contributed by atoms with Gasteiger partial charge in [-0.05, 0) is 25.7 Å². The zero-order valence-corrected chi connectivity index (χ0v) is 12.3. The molecule has 0 N–H and O–H groups in total. The van der Waals surface area contributed by atoms with Crippen LogP contribution < -0.4 is 0 Å². The van der Waals surface area contributed by atoms with Crippen LogP contribution in [-0.4, -0.2) is 25.8 Å². The molecule has 1 saturated heterocycles. The Morgan fingerprint density at radius 3 is 1.74 bits per heavy atom. The quantitative estimate of drug-likeness (QED) is 0.618. The van der Waals surface area contributed by atoms with Gasteiger partial charge in [0.25, 0.3) is 0 Å². The molecule has 1 heterocycles. The lowest BCUT2D eigenvalue weighted by Crippen LogP contribution is -2.07. The number of hydrogen-bond donors (Lipinski definition) is 0. The highest BCUT2D eigenvalue weighted by atomic mass is 16.5. The number of ether oxygens (including phenoxy) is 2. The molecule has 0 saturated carbocycles. The predicted octanol–water partition coefficient (Wildman–Crippen LogP) is 4.24. The maximum absolute atomic E-state index is 11.4. The summed E-state index contributed by atoms with van der Waals surface area (Å²) in [6.07, 6.45) is 13.8. The van der Waals surface area contributed by atoms with Crippen molar-refractivity contribution in [2.24, 2.45) is 0 Å². The zero-order valence-electron chi connectivity index (χ0n) is 12.3. The molecule has 0 atom stereocenters. The van der Waals surface area contributed by atoms with Crippen LogP contribution in [0.1, 0.15) is 77.0 Å². The normalized spacial score (nSPS) is 23.1. The van der Waals surface area contributed by atoms with E-state index in [0.29, 0.717) is 13.0 Å². The molecule has 0 aromatic rings. The topological polar surface area (TPSA) is 35.5 Å². The third-order valence-electron chi connectivity index (χ3n) is 3.62. The van der Waals surface area contributed by atoms with Crippen molar-refractivity contribution in [3.8, 4) is 0 Å². The fourth-order valence-corrected chi connectivity index (χ4v) is 2.38. The molecule has 1 aliphatic rings. The van der Waals surface area contributed by atoms with Crippen LogP contribution in [0.25, 0.3) is 0 Å². The summed E-state index contributed by atoms with van der Waals surface area (Å²) in [5.74, 6) is -0.0259. The minimum absolute atomic E-state index is 0.0259. The first-order valence-electron chi connectivity index (χ1n) is 8.13. The minimum Gasteiger partial charge on any atom is -0.466 e. The van der Waals surface area contributed by atoms with Crippen LogP contribution >= 0.6 is 0 Å². The molecule has 1 rings (SSSR count). The predicted molar refractivity (Wildman–Crippen MR) is 77.2 cm³/mol. The van der Waals surface area contributed by atoms with Gasteiger partial charge >= 0.3 is 5.97 Å². The van der Waals surface area contributed by atoms with Gasteiger partial charge in [0.15, 0.2) is 0 Å². The van der Waals surface area contributed by atoms with E-state index >= 15 is 0 Å². The van der Waals surface area contributed by atoms with E-state index in [1.165, 1.54) is 51.4 Å². The first kappa shape index (κ1) is 16.5. The Kier molecular flexibility index (Phi) is 10.8. The summed E-state index contributed by atoms with van der Waals surface area (Å²) in [5, 5.41) is 0. The van der Waals surface area contributed by atoms with Gasteiger partial charge in [-0.1, -0.05) is 44.9 Å². The second kappa shape index (κ2) is 12.5. The van der Waals surface area contributed by atoms with Crippen molar-refractivity contribution in [2.75, 3.05) is 19.8 Å². The maximum Gasteiger partial charge on any atom is 0.305 e. The fraction of sp³-hybridized carbons (Fsp3) is 0.938. The van der Waals surface area contributed by atoms with Crippen molar-refractivity contribution in [1.82, 2.24) is 0 Å². The van der Waals surface area contributed by atoms with E-state index in [4.69, 9.17) is 9.47 Å². The average Bonchev–Trinajstić information content (AvgIpc) is 2.41. The molecule has 0 bridgehead atoms. The van der Waals surface area contributed by atoms with Crippen LogP contribution in [0.5, 0.6) is 0 Å². The van der Waals surface area contributed by atoms with Crippen LogP contribution in [0.2, 0.25) is 0 Å². The molecule has 0 aromatic carbocycles. The molecule has 3 nitrogen and oxygen atoms in total. The van der Waals surface area contributed by atoms with Crippen LogP contribution in [0, 0.1) is 0 Å². The third-order valence-corrected chi connectivity index (χ3v) is 3.62. The standard InChI is InChI=1S/C16H30O3/c17-16-12-8-6-4-2-1-3-5-7-9-13-18-14-10-11-15-19-16/h1-15H2. The SMILES string of the molecule is O=C1CCCCCCCCCCCOCCCCO1. The summed E-state index contributed by atoms with van der Waals surface area (Å²) in [6, 6.07) is 0. The highest BCUT2D eigenvalue weighted by molar-refractivity contribution is 5.69. The van der Waals surface area contributed by atoms with E-state index < -0.39 is 0 Å². The number of rotatable bonds is 0. The maximum atomic E-state index is 11.4. The largest absolute Gasteiger partial charge is 0.466 e. The van der Waals surface area contributed by atoms with Gasteiger partial charge in [-0.3, -0.25) is 4.79 Å². The van der Waals surface area contributed by atoms with Crippen molar-refractivity contribution in [3.05, 3.63) is 0 Å². The molecule has 0 radical (unpaired) electrons. The van der Waals surface area contributed by atoms with Crippen LogP contribution in [0.4, 0.5) is 0 Å². The average molecular weight is 270 g/mol. The Morgan fingerprint density at radius 2 is 1.05 bits per heavy atom. The monoisotopic (exact) mass is 270 g/mol. The first-order chi connectivity index (χ1) is 9.39. The van der Waals surface area contributed by atoms with Crippen molar-refractivity contribution < 1.29 is 14.3 Å². The van der Waals surface area contributed by atoms with Crippen molar-refractivity contribution >= 4 is 5.97 Å². The van der Waals surface area contributed by atoms with Crippen molar-refractivity contribution in [3.63, 3.8) is 0 Å². The highest BCUT2D eigenvalue weighted by Crippen LogP contribution is 2.11. The van der Waals surface area contributed by atoms with Crippen molar-refractivity contribution in [2.45, 2.75) is 77.0 Å². The second-order valence-electron chi connectivity index (χ2n) is 5.47. The Bertz CT molecular complexity index is 196. The van der Waals surface area contributed by atoms with Gasteiger partial charge in [0.2, 0.25) is 0 Å². The molecule has 112 valence electrons. The Hall–Kier alpha value is -0.570. The summed E-state index contributed by atoms with van der Waals surface area (Å²) >= 11 is 0. The van der Waals surface area contributed by atoms with Crippen LogP contribution in [-0.2, 0) is 14.3 Å². The fourth-order valence-electron chi connectivity index (χ4n) is 2.38. The van der Waals surface area contributed by atoms with Gasteiger partial charge < -0.3 is 9.47 Å². The van der Waals surface area contributed by atoms with Gasteiger partial charge in [-0.25, -0.2) is 0 Å². The molecule has 3 heteroatoms. The molecule has 0 amide bonds. The molecule has 19 heavy (non-hydrogen) atoms. The second-order valence-corrected chi connectivity index (χ2v) is 5.47. The van der Waals surface area contributed by atoms with Gasteiger partial charge in [0.1, 0.15) is 0 Å². The van der Waals surface area contributed by atoms with E-state index in [9.17, 15) is 4.79 Å².